The zero-order chi connectivity index (χ0) is 16.0. The number of halogens is 2. The number of carbonyl (C=O) groups is 1. The molecule has 1 aromatic rings. The fraction of sp³-hybridized carbons (Fsp3) is 0.533. The molecular weight excluding hydrogens is 311 g/mol. The van der Waals surface area contributed by atoms with Crippen molar-refractivity contribution in [1.29, 1.82) is 0 Å². The molecule has 0 aromatic heterocycles. The van der Waals surface area contributed by atoms with Gasteiger partial charge in [-0.1, -0.05) is 13.8 Å². The fourth-order valence-corrected chi connectivity index (χ4v) is 2.16. The van der Waals surface area contributed by atoms with Crippen LogP contribution >= 0.6 is 12.4 Å². The Balaban J connectivity index is 0.00000441. The van der Waals surface area contributed by atoms with E-state index in [4.69, 9.17) is 15.2 Å². The van der Waals surface area contributed by atoms with Gasteiger partial charge in [0.15, 0.2) is 17.3 Å². The number of anilines is 1. The van der Waals surface area contributed by atoms with Crippen molar-refractivity contribution in [3.05, 3.63) is 17.9 Å². The van der Waals surface area contributed by atoms with Crippen molar-refractivity contribution in [3.63, 3.8) is 0 Å². The van der Waals surface area contributed by atoms with Crippen LogP contribution in [0.25, 0.3) is 0 Å². The number of nitrogens with two attached hydrogens (primary N) is 1. The Morgan fingerprint density at radius 1 is 1.23 bits per heavy atom. The first-order chi connectivity index (χ1) is 9.97. The van der Waals surface area contributed by atoms with Crippen LogP contribution in [-0.2, 0) is 4.79 Å². The number of hydrogen-bond acceptors (Lipinski definition) is 4. The van der Waals surface area contributed by atoms with Gasteiger partial charge in [-0.25, -0.2) is 4.39 Å². The minimum atomic E-state index is -0.695. The van der Waals surface area contributed by atoms with Crippen LogP contribution < -0.4 is 20.5 Å². The van der Waals surface area contributed by atoms with Gasteiger partial charge in [0.05, 0.1) is 25.3 Å². The lowest BCUT2D eigenvalue weighted by Gasteiger charge is -2.28. The minimum Gasteiger partial charge on any atom is -0.493 e. The third-order valence-corrected chi connectivity index (χ3v) is 3.95. The van der Waals surface area contributed by atoms with Crippen molar-refractivity contribution in [3.8, 4) is 11.5 Å². The average Bonchev–Trinajstić information content (AvgIpc) is 2.51. The number of amides is 1. The van der Waals surface area contributed by atoms with E-state index in [1.807, 2.05) is 13.8 Å². The highest BCUT2D eigenvalue weighted by molar-refractivity contribution is 5.95. The Hall–Kier alpha value is -1.53. The summed E-state index contributed by atoms with van der Waals surface area (Å²) < 4.78 is 24.2. The molecule has 0 aliphatic carbocycles. The normalized spacial score (nSPS) is 10.6. The van der Waals surface area contributed by atoms with E-state index in [1.165, 1.54) is 26.4 Å². The summed E-state index contributed by atoms with van der Waals surface area (Å²) in [6, 6.07) is 2.58. The molecule has 0 saturated carbocycles. The predicted molar refractivity (Wildman–Crippen MR) is 87.5 cm³/mol. The van der Waals surface area contributed by atoms with E-state index < -0.39 is 11.2 Å². The summed E-state index contributed by atoms with van der Waals surface area (Å²) in [4.78, 5) is 12.4. The summed E-state index contributed by atoms with van der Waals surface area (Å²) >= 11 is 0. The van der Waals surface area contributed by atoms with E-state index in [0.717, 1.165) is 0 Å². The van der Waals surface area contributed by atoms with Gasteiger partial charge >= 0.3 is 0 Å². The van der Waals surface area contributed by atoms with Crippen LogP contribution in [0.15, 0.2) is 12.1 Å². The summed E-state index contributed by atoms with van der Waals surface area (Å²) in [7, 11) is 2.87. The highest BCUT2D eigenvalue weighted by atomic mass is 35.5. The molecule has 1 rings (SSSR count). The Morgan fingerprint density at radius 2 is 1.73 bits per heavy atom. The third kappa shape index (κ3) is 4.01. The lowest BCUT2D eigenvalue weighted by Crippen LogP contribution is -2.41. The standard InChI is InChI=1S/C15H23FN2O3.ClH/c1-5-15(6-2,9-17)14(19)18-11-8-13(21-4)12(20-3)7-10(11)16;/h7-8H,5-6,9,17H2,1-4H3,(H,18,19);1H. The number of benzene rings is 1. The first-order valence-electron chi connectivity index (χ1n) is 6.91. The topological polar surface area (TPSA) is 73.6 Å². The van der Waals surface area contributed by atoms with Gasteiger partial charge < -0.3 is 20.5 Å². The molecule has 0 radical (unpaired) electrons. The van der Waals surface area contributed by atoms with Crippen LogP contribution in [0.3, 0.4) is 0 Å². The maximum Gasteiger partial charge on any atom is 0.231 e. The van der Waals surface area contributed by atoms with Crippen molar-refractivity contribution < 1.29 is 18.7 Å². The summed E-state index contributed by atoms with van der Waals surface area (Å²) in [5.74, 6) is -0.259. The molecule has 126 valence electrons. The maximum atomic E-state index is 14.0. The molecule has 0 heterocycles. The molecule has 0 unspecified atom stereocenters. The van der Waals surface area contributed by atoms with Crippen molar-refractivity contribution in [1.82, 2.24) is 0 Å². The van der Waals surface area contributed by atoms with Gasteiger partial charge in [0, 0.05) is 18.7 Å². The Labute approximate surface area is 136 Å². The second-order valence-corrected chi connectivity index (χ2v) is 4.83. The molecule has 3 N–H and O–H groups in total. The van der Waals surface area contributed by atoms with Crippen LogP contribution in [0.1, 0.15) is 26.7 Å². The minimum absolute atomic E-state index is 0. The number of methoxy groups -OCH3 is 2. The Kier molecular flexibility index (Phi) is 8.19. The number of rotatable bonds is 7. The average molecular weight is 335 g/mol. The van der Waals surface area contributed by atoms with Crippen molar-refractivity contribution >= 4 is 24.0 Å². The van der Waals surface area contributed by atoms with Crippen LogP contribution in [-0.4, -0.2) is 26.7 Å². The molecule has 1 aromatic carbocycles. The van der Waals surface area contributed by atoms with Gasteiger partial charge in [-0.05, 0) is 12.8 Å². The molecule has 0 atom stereocenters. The van der Waals surface area contributed by atoms with E-state index in [1.54, 1.807) is 0 Å². The molecule has 7 heteroatoms. The van der Waals surface area contributed by atoms with Gasteiger partial charge in [-0.15, -0.1) is 12.4 Å². The molecule has 0 aliphatic heterocycles. The smallest absolute Gasteiger partial charge is 0.231 e. The Morgan fingerprint density at radius 3 is 2.14 bits per heavy atom. The van der Waals surface area contributed by atoms with Crippen LogP contribution in [0.2, 0.25) is 0 Å². The molecule has 0 saturated heterocycles. The Bertz CT molecular complexity index is 500. The predicted octanol–water partition coefficient (Wildman–Crippen LogP) is 2.97. The summed E-state index contributed by atoms with van der Waals surface area (Å²) in [6.07, 6.45) is 1.17. The van der Waals surface area contributed by atoms with E-state index >= 15 is 0 Å². The second-order valence-electron chi connectivity index (χ2n) is 4.83. The van der Waals surface area contributed by atoms with E-state index in [2.05, 4.69) is 5.32 Å². The molecule has 0 bridgehead atoms. The van der Waals surface area contributed by atoms with Crippen molar-refractivity contribution in [2.45, 2.75) is 26.7 Å². The van der Waals surface area contributed by atoms with Crippen molar-refractivity contribution in [2.24, 2.45) is 11.1 Å². The van der Waals surface area contributed by atoms with Gasteiger partial charge in [0.1, 0.15) is 0 Å². The molecule has 1 amide bonds. The molecular formula is C15H24ClFN2O3. The first kappa shape index (κ1) is 20.5. The van der Waals surface area contributed by atoms with Crippen LogP contribution in [0, 0.1) is 11.2 Å². The maximum absolute atomic E-state index is 14.0. The summed E-state index contributed by atoms with van der Waals surface area (Å²) in [6.45, 7) is 3.99. The summed E-state index contributed by atoms with van der Waals surface area (Å²) in [5.41, 5.74) is 5.08. The molecule has 0 fully saturated rings. The monoisotopic (exact) mass is 334 g/mol. The second kappa shape index (κ2) is 8.80. The third-order valence-electron chi connectivity index (χ3n) is 3.95. The van der Waals surface area contributed by atoms with E-state index in [-0.39, 0.29) is 36.3 Å². The van der Waals surface area contributed by atoms with Crippen LogP contribution in [0.5, 0.6) is 11.5 Å². The zero-order valence-electron chi connectivity index (χ0n) is 13.4. The lowest BCUT2D eigenvalue weighted by molar-refractivity contribution is -0.125. The summed E-state index contributed by atoms with van der Waals surface area (Å²) in [5, 5.41) is 2.60. The largest absolute Gasteiger partial charge is 0.493 e. The highest BCUT2D eigenvalue weighted by Crippen LogP contribution is 2.34. The van der Waals surface area contributed by atoms with Gasteiger partial charge in [-0.3, -0.25) is 4.79 Å². The SMILES string of the molecule is CCC(CC)(CN)C(=O)Nc1cc(OC)c(OC)cc1F.Cl. The molecule has 22 heavy (non-hydrogen) atoms. The number of carbonyl (C=O) groups excluding carboxylic acids is 1. The quantitative estimate of drug-likeness (QED) is 0.804. The van der Waals surface area contributed by atoms with Gasteiger partial charge in [0.2, 0.25) is 5.91 Å². The number of nitrogens with one attached hydrogen (secondary N) is 1. The zero-order valence-corrected chi connectivity index (χ0v) is 14.2. The number of ether oxygens (including phenoxy) is 2. The van der Waals surface area contributed by atoms with E-state index in [0.29, 0.717) is 18.6 Å². The molecule has 0 spiro atoms. The van der Waals surface area contributed by atoms with Crippen LogP contribution in [0.4, 0.5) is 10.1 Å². The van der Waals surface area contributed by atoms with Gasteiger partial charge in [0.25, 0.3) is 0 Å². The fourth-order valence-electron chi connectivity index (χ4n) is 2.16. The van der Waals surface area contributed by atoms with Gasteiger partial charge in [-0.2, -0.15) is 0 Å². The highest BCUT2D eigenvalue weighted by Gasteiger charge is 2.33. The lowest BCUT2D eigenvalue weighted by atomic mass is 9.81. The van der Waals surface area contributed by atoms with E-state index in [9.17, 15) is 9.18 Å². The first-order valence-corrected chi connectivity index (χ1v) is 6.91. The number of hydrogen-bond donors (Lipinski definition) is 2. The molecule has 0 aliphatic rings. The molecule has 5 nitrogen and oxygen atoms in total. The van der Waals surface area contributed by atoms with Crippen molar-refractivity contribution in [2.75, 3.05) is 26.1 Å².